The highest BCUT2D eigenvalue weighted by atomic mass is 19.1. The van der Waals surface area contributed by atoms with Crippen LogP contribution in [0.5, 0.6) is 0 Å². The summed E-state index contributed by atoms with van der Waals surface area (Å²) >= 11 is 0. The van der Waals surface area contributed by atoms with Crippen LogP contribution >= 0.6 is 0 Å². The molecule has 1 saturated carbocycles. The Labute approximate surface area is 105 Å². The van der Waals surface area contributed by atoms with E-state index in [9.17, 15) is 4.39 Å². The Morgan fingerprint density at radius 3 is 2.72 bits per heavy atom. The van der Waals surface area contributed by atoms with Gasteiger partial charge in [-0.1, -0.05) is 12.8 Å². The molecule has 18 heavy (non-hydrogen) atoms. The molecule has 2 aromatic heterocycles. The van der Waals surface area contributed by atoms with E-state index in [1.54, 1.807) is 6.07 Å². The number of aromatic nitrogens is 3. The fraction of sp³-hybridized carbons (Fsp3) is 0.385. The van der Waals surface area contributed by atoms with Crippen molar-refractivity contribution in [2.24, 2.45) is 0 Å². The van der Waals surface area contributed by atoms with Gasteiger partial charge in [0.25, 0.3) is 0 Å². The molecule has 1 fully saturated rings. The topological polar surface area (TPSA) is 56.7 Å². The number of nitrogens with zero attached hydrogens (tertiary/aromatic N) is 3. The van der Waals surface area contributed by atoms with Crippen LogP contribution in [0.25, 0.3) is 11.4 Å². The number of nitrogens with two attached hydrogens (primary N) is 1. The monoisotopic (exact) mass is 246 g/mol. The highest BCUT2D eigenvalue weighted by Crippen LogP contribution is 2.31. The Bertz CT molecular complexity index is 541. The van der Waals surface area contributed by atoms with Gasteiger partial charge < -0.3 is 5.73 Å². The second kappa shape index (κ2) is 4.40. The van der Waals surface area contributed by atoms with Gasteiger partial charge in [0.15, 0.2) is 0 Å². The van der Waals surface area contributed by atoms with Gasteiger partial charge in [-0.15, -0.1) is 0 Å². The number of hydrogen-bond acceptors (Lipinski definition) is 3. The lowest BCUT2D eigenvalue weighted by molar-refractivity contribution is 0.468. The molecule has 0 amide bonds. The van der Waals surface area contributed by atoms with Gasteiger partial charge in [-0.05, 0) is 25.0 Å². The number of hydrogen-bond donors (Lipinski definition) is 1. The highest BCUT2D eigenvalue weighted by Gasteiger charge is 2.20. The molecule has 0 bridgehead atoms. The second-order valence-corrected chi connectivity index (χ2v) is 4.71. The molecule has 2 aromatic rings. The van der Waals surface area contributed by atoms with Crippen LogP contribution in [-0.2, 0) is 0 Å². The first kappa shape index (κ1) is 11.2. The normalized spacial score (nSPS) is 16.3. The third-order valence-corrected chi connectivity index (χ3v) is 3.43. The second-order valence-electron chi connectivity index (χ2n) is 4.71. The van der Waals surface area contributed by atoms with E-state index < -0.39 is 0 Å². The van der Waals surface area contributed by atoms with Crippen molar-refractivity contribution in [3.63, 3.8) is 0 Å². The summed E-state index contributed by atoms with van der Waals surface area (Å²) in [7, 11) is 0. The molecular weight excluding hydrogens is 231 g/mol. The maximum atomic E-state index is 12.8. The average Bonchev–Trinajstić information content (AvgIpc) is 2.99. The first-order chi connectivity index (χ1) is 8.74. The summed E-state index contributed by atoms with van der Waals surface area (Å²) in [6, 6.07) is 3.42. The van der Waals surface area contributed by atoms with E-state index in [1.807, 2.05) is 10.9 Å². The van der Waals surface area contributed by atoms with Crippen molar-refractivity contribution in [2.75, 3.05) is 5.73 Å². The largest absolute Gasteiger partial charge is 0.396 e. The molecule has 0 unspecified atom stereocenters. The summed E-state index contributed by atoms with van der Waals surface area (Å²) in [6.07, 6.45) is 7.83. The third-order valence-electron chi connectivity index (χ3n) is 3.43. The Hall–Kier alpha value is -1.91. The average molecular weight is 246 g/mol. The number of pyridine rings is 1. The van der Waals surface area contributed by atoms with E-state index in [2.05, 4.69) is 10.1 Å². The van der Waals surface area contributed by atoms with E-state index in [4.69, 9.17) is 5.73 Å². The molecular formula is C13H15FN4. The summed E-state index contributed by atoms with van der Waals surface area (Å²) < 4.78 is 14.8. The predicted molar refractivity (Wildman–Crippen MR) is 67.3 cm³/mol. The van der Waals surface area contributed by atoms with Crippen LogP contribution in [0.3, 0.4) is 0 Å². The lowest BCUT2D eigenvalue weighted by Crippen LogP contribution is -2.05. The van der Waals surface area contributed by atoms with Crippen LogP contribution in [0, 0.1) is 5.82 Å². The number of rotatable bonds is 2. The molecule has 1 aliphatic carbocycles. The van der Waals surface area contributed by atoms with Gasteiger partial charge in [-0.2, -0.15) is 5.10 Å². The summed E-state index contributed by atoms with van der Waals surface area (Å²) in [5, 5.41) is 4.50. The molecule has 5 heteroatoms. The molecule has 0 aromatic carbocycles. The number of anilines is 1. The maximum Gasteiger partial charge on any atom is 0.141 e. The summed E-state index contributed by atoms with van der Waals surface area (Å²) in [5.41, 5.74) is 7.82. The van der Waals surface area contributed by atoms with Crippen LogP contribution in [0.4, 0.5) is 10.1 Å². The van der Waals surface area contributed by atoms with Gasteiger partial charge in [-0.25, -0.2) is 4.39 Å². The van der Waals surface area contributed by atoms with Gasteiger partial charge >= 0.3 is 0 Å². The van der Waals surface area contributed by atoms with Crippen molar-refractivity contribution < 1.29 is 4.39 Å². The molecule has 0 aliphatic heterocycles. The van der Waals surface area contributed by atoms with Crippen LogP contribution in [-0.4, -0.2) is 14.8 Å². The van der Waals surface area contributed by atoms with Crippen molar-refractivity contribution >= 4 is 5.69 Å². The molecule has 0 atom stereocenters. The Kier molecular flexibility index (Phi) is 2.74. The van der Waals surface area contributed by atoms with Crippen molar-refractivity contribution in [3.05, 3.63) is 30.3 Å². The van der Waals surface area contributed by atoms with E-state index >= 15 is 0 Å². The first-order valence-corrected chi connectivity index (χ1v) is 6.20. The van der Waals surface area contributed by atoms with E-state index in [0.29, 0.717) is 23.1 Å². The summed E-state index contributed by atoms with van der Waals surface area (Å²) in [4.78, 5) is 4.02. The van der Waals surface area contributed by atoms with Crippen LogP contribution in [0.1, 0.15) is 31.7 Å². The Morgan fingerprint density at radius 2 is 2.06 bits per heavy atom. The molecule has 94 valence electrons. The number of halogens is 1. The van der Waals surface area contributed by atoms with E-state index in [-0.39, 0.29) is 5.82 Å². The minimum atomic E-state index is -0.354. The third kappa shape index (κ3) is 1.96. The Morgan fingerprint density at radius 1 is 1.28 bits per heavy atom. The Balaban J connectivity index is 1.94. The number of nitrogen functional groups attached to an aromatic ring is 1. The molecule has 3 rings (SSSR count). The smallest absolute Gasteiger partial charge is 0.141 e. The molecule has 2 N–H and O–H groups in total. The van der Waals surface area contributed by atoms with Crippen LogP contribution < -0.4 is 5.73 Å². The standard InChI is InChI=1S/C13H15FN4/c14-9-5-6-12(16-7-9)13-11(15)8-18(17-13)10-3-1-2-4-10/h5-8,10H,1-4,15H2. The van der Waals surface area contributed by atoms with Crippen LogP contribution in [0.2, 0.25) is 0 Å². The van der Waals surface area contributed by atoms with Gasteiger partial charge in [0.1, 0.15) is 11.5 Å². The first-order valence-electron chi connectivity index (χ1n) is 6.20. The zero-order chi connectivity index (χ0) is 12.5. The minimum absolute atomic E-state index is 0.354. The fourth-order valence-corrected chi connectivity index (χ4v) is 2.48. The van der Waals surface area contributed by atoms with Crippen molar-refractivity contribution in [1.29, 1.82) is 0 Å². The predicted octanol–water partition coefficient (Wildman–Crippen LogP) is 2.78. The minimum Gasteiger partial charge on any atom is -0.396 e. The zero-order valence-electron chi connectivity index (χ0n) is 10.0. The summed E-state index contributed by atoms with van der Waals surface area (Å²) in [6.45, 7) is 0. The van der Waals surface area contributed by atoms with E-state index in [1.165, 1.54) is 25.1 Å². The van der Waals surface area contributed by atoms with Crippen LogP contribution in [0.15, 0.2) is 24.5 Å². The molecule has 4 nitrogen and oxygen atoms in total. The van der Waals surface area contributed by atoms with Gasteiger partial charge in [0.05, 0.1) is 23.6 Å². The van der Waals surface area contributed by atoms with Crippen molar-refractivity contribution in [1.82, 2.24) is 14.8 Å². The van der Waals surface area contributed by atoms with E-state index in [0.717, 1.165) is 12.8 Å². The maximum absolute atomic E-state index is 12.8. The SMILES string of the molecule is Nc1cn(C2CCCC2)nc1-c1ccc(F)cn1. The molecule has 2 heterocycles. The molecule has 0 radical (unpaired) electrons. The highest BCUT2D eigenvalue weighted by molar-refractivity contribution is 5.68. The van der Waals surface area contributed by atoms with Crippen molar-refractivity contribution in [3.8, 4) is 11.4 Å². The quantitative estimate of drug-likeness (QED) is 0.886. The lowest BCUT2D eigenvalue weighted by Gasteiger charge is -2.08. The lowest BCUT2D eigenvalue weighted by atomic mass is 10.2. The fourth-order valence-electron chi connectivity index (χ4n) is 2.48. The molecule has 1 aliphatic rings. The van der Waals surface area contributed by atoms with Gasteiger partial charge in [0, 0.05) is 6.20 Å². The van der Waals surface area contributed by atoms with Gasteiger partial charge in [-0.3, -0.25) is 9.67 Å². The zero-order valence-corrected chi connectivity index (χ0v) is 10.0. The molecule has 0 spiro atoms. The molecule has 0 saturated heterocycles. The van der Waals surface area contributed by atoms with Crippen molar-refractivity contribution in [2.45, 2.75) is 31.7 Å². The summed E-state index contributed by atoms with van der Waals surface area (Å²) in [5.74, 6) is -0.354. The van der Waals surface area contributed by atoms with Gasteiger partial charge in [0.2, 0.25) is 0 Å².